The van der Waals surface area contributed by atoms with Crippen molar-refractivity contribution in [2.45, 2.75) is 69.1 Å². The van der Waals surface area contributed by atoms with Crippen LogP contribution in [0.25, 0.3) is 0 Å². The average molecular weight is 766 g/mol. The first-order chi connectivity index (χ1) is 22.5. The second-order valence-electron chi connectivity index (χ2n) is 11.0. The van der Waals surface area contributed by atoms with Crippen molar-refractivity contribution in [1.29, 1.82) is 0 Å². The van der Waals surface area contributed by atoms with E-state index >= 15 is 0 Å². The van der Waals surface area contributed by atoms with Gasteiger partial charge in [0.1, 0.15) is 23.9 Å². The number of benzene rings is 2. The lowest BCUT2D eigenvalue weighted by Gasteiger charge is -2.30. The lowest BCUT2D eigenvalue weighted by atomic mass is 10.0. The van der Waals surface area contributed by atoms with Gasteiger partial charge in [-0.05, 0) is 61.9 Å². The van der Waals surface area contributed by atoms with Crippen LogP contribution in [-0.4, -0.2) is 89.2 Å². The number of carbonyl (C=O) groups is 4. The minimum absolute atomic E-state index is 0.0542. The minimum Gasteiger partial charge on any atom is -0.508 e. The number of aromatic hydroxyl groups is 1. The highest BCUT2D eigenvalue weighted by atomic mass is 127. The molecule has 0 spiro atoms. The van der Waals surface area contributed by atoms with Gasteiger partial charge in [0.25, 0.3) is 0 Å². The number of unbranched alkanes of at least 4 members (excludes halogenated alkanes) is 1. The monoisotopic (exact) mass is 765 g/mol. The number of hydrogen-bond donors (Lipinski definition) is 8. The van der Waals surface area contributed by atoms with Crippen molar-refractivity contribution in [3.05, 3.63) is 65.7 Å². The number of rotatable bonds is 19. The molecule has 2 rings (SSSR count). The molecule has 14 nitrogen and oxygen atoms in total. The Kier molecular flexibility index (Phi) is 17.5. The summed E-state index contributed by atoms with van der Waals surface area (Å²) in [7, 11) is 3.39. The molecule has 4 atom stereocenters. The largest absolute Gasteiger partial charge is 0.508 e. The normalized spacial score (nSPS) is 13.9. The summed E-state index contributed by atoms with van der Waals surface area (Å²) in [6.45, 7) is 0.929. The molecule has 0 saturated heterocycles. The average Bonchev–Trinajstić information content (AvgIpc) is 3.06. The van der Waals surface area contributed by atoms with Crippen molar-refractivity contribution in [2.24, 2.45) is 22.2 Å². The van der Waals surface area contributed by atoms with Gasteiger partial charge in [0, 0.05) is 33.5 Å². The van der Waals surface area contributed by atoms with Gasteiger partial charge in [0.05, 0.1) is 28.9 Å². The van der Waals surface area contributed by atoms with Gasteiger partial charge < -0.3 is 43.6 Å². The quantitative estimate of drug-likeness (QED) is 0.0321. The SMILES string of the molecule is C/N=C(\NC)NCCC[C@H](N)C(=O)N(I)[C@@H](Cc1ccc(O)cc1)C(=O)N[C@@H](CCCCN)C(=O)N[C@@H](Cc1ccccc1)C(N)=O. The Bertz CT molecular complexity index is 1310. The topological polar surface area (TPSA) is 230 Å². The molecule has 0 unspecified atom stereocenters. The van der Waals surface area contributed by atoms with E-state index in [4.69, 9.17) is 17.2 Å². The number of halogens is 1. The molecule has 0 fully saturated rings. The summed E-state index contributed by atoms with van der Waals surface area (Å²) >= 11 is 1.79. The van der Waals surface area contributed by atoms with Crippen molar-refractivity contribution < 1.29 is 24.3 Å². The molecule has 0 saturated carbocycles. The van der Waals surface area contributed by atoms with Gasteiger partial charge in [-0.25, -0.2) is 0 Å². The summed E-state index contributed by atoms with van der Waals surface area (Å²) in [5, 5.41) is 21.3. The van der Waals surface area contributed by atoms with E-state index in [1.807, 2.05) is 30.3 Å². The Labute approximate surface area is 290 Å². The maximum absolute atomic E-state index is 13.9. The molecule has 2 aromatic rings. The number of nitrogens with zero attached hydrogens (tertiary/aromatic N) is 2. The molecular formula is C32H48IN9O5. The van der Waals surface area contributed by atoms with Crippen LogP contribution in [0.15, 0.2) is 59.6 Å². The Balaban J connectivity index is 2.25. The van der Waals surface area contributed by atoms with Crippen LogP contribution in [0.2, 0.25) is 0 Å². The van der Waals surface area contributed by atoms with Crippen LogP contribution in [0, 0.1) is 0 Å². The van der Waals surface area contributed by atoms with Crippen LogP contribution in [-0.2, 0) is 32.0 Å². The fraction of sp³-hybridized carbons (Fsp3) is 0.469. The molecule has 47 heavy (non-hydrogen) atoms. The zero-order valence-electron chi connectivity index (χ0n) is 27.0. The van der Waals surface area contributed by atoms with Gasteiger partial charge in [0.15, 0.2) is 5.96 Å². The second-order valence-corrected chi connectivity index (χ2v) is 12.1. The number of primary amides is 1. The highest BCUT2D eigenvalue weighted by Gasteiger charge is 2.34. The fourth-order valence-corrected chi connectivity index (χ4v) is 5.56. The Morgan fingerprint density at radius 2 is 1.53 bits per heavy atom. The molecule has 0 radical (unpaired) electrons. The number of amides is 4. The summed E-state index contributed by atoms with van der Waals surface area (Å²) in [4.78, 5) is 57.2. The van der Waals surface area contributed by atoms with Gasteiger partial charge in [-0.1, -0.05) is 42.5 Å². The summed E-state index contributed by atoms with van der Waals surface area (Å²) in [5.74, 6) is -1.67. The van der Waals surface area contributed by atoms with Crippen molar-refractivity contribution in [2.75, 3.05) is 27.2 Å². The molecule has 0 bridgehead atoms. The molecule has 11 N–H and O–H groups in total. The van der Waals surface area contributed by atoms with E-state index in [0.717, 1.165) is 5.56 Å². The number of guanidine groups is 1. The third-order valence-corrected chi connectivity index (χ3v) is 8.58. The highest BCUT2D eigenvalue weighted by molar-refractivity contribution is 14.1. The summed E-state index contributed by atoms with van der Waals surface area (Å²) in [6.07, 6.45) is 2.57. The first-order valence-electron chi connectivity index (χ1n) is 15.5. The lowest BCUT2D eigenvalue weighted by molar-refractivity contribution is -0.136. The van der Waals surface area contributed by atoms with Crippen LogP contribution in [0.4, 0.5) is 0 Å². The van der Waals surface area contributed by atoms with Gasteiger partial charge in [-0.3, -0.25) is 27.3 Å². The van der Waals surface area contributed by atoms with E-state index in [1.54, 1.807) is 49.1 Å². The molecule has 15 heteroatoms. The zero-order chi connectivity index (χ0) is 34.8. The fourth-order valence-electron chi connectivity index (χ4n) is 4.75. The maximum Gasteiger partial charge on any atom is 0.248 e. The number of aliphatic imine (C=N–C) groups is 1. The number of nitrogens with one attached hydrogen (secondary N) is 4. The number of phenolic OH excluding ortho intramolecular Hbond substituents is 1. The Morgan fingerprint density at radius 1 is 0.894 bits per heavy atom. The first-order valence-corrected chi connectivity index (χ1v) is 16.5. The van der Waals surface area contributed by atoms with Crippen LogP contribution < -0.4 is 38.5 Å². The Hall–Kier alpha value is -3.96. The number of carbonyl (C=O) groups excluding carboxylic acids is 4. The molecular weight excluding hydrogens is 717 g/mol. The third-order valence-electron chi connectivity index (χ3n) is 7.44. The van der Waals surface area contributed by atoms with E-state index in [0.29, 0.717) is 50.3 Å². The predicted molar refractivity (Wildman–Crippen MR) is 190 cm³/mol. The Morgan fingerprint density at radius 3 is 2.13 bits per heavy atom. The predicted octanol–water partition coefficient (Wildman–Crippen LogP) is 0.211. The number of phenols is 1. The van der Waals surface area contributed by atoms with Gasteiger partial charge >= 0.3 is 0 Å². The van der Waals surface area contributed by atoms with Crippen molar-refractivity contribution in [3.8, 4) is 5.75 Å². The lowest BCUT2D eigenvalue weighted by Crippen LogP contribution is -2.57. The van der Waals surface area contributed by atoms with E-state index in [1.165, 1.54) is 15.2 Å². The van der Waals surface area contributed by atoms with Crippen LogP contribution in [0.1, 0.15) is 43.2 Å². The molecule has 0 aliphatic heterocycles. The van der Waals surface area contributed by atoms with Gasteiger partial charge in [0.2, 0.25) is 23.6 Å². The maximum atomic E-state index is 13.9. The molecule has 0 heterocycles. The molecule has 0 aliphatic rings. The van der Waals surface area contributed by atoms with Crippen molar-refractivity contribution in [1.82, 2.24) is 24.4 Å². The number of hydrogen-bond acceptors (Lipinski definition) is 8. The second kappa shape index (κ2) is 21.0. The summed E-state index contributed by atoms with van der Waals surface area (Å²) in [5.41, 5.74) is 19.1. The van der Waals surface area contributed by atoms with E-state index in [-0.39, 0.29) is 25.0 Å². The van der Waals surface area contributed by atoms with Crippen molar-refractivity contribution >= 4 is 52.5 Å². The van der Waals surface area contributed by atoms with Gasteiger partial charge in [-0.2, -0.15) is 0 Å². The standard InChI is InChI=1S/C32H48IN9O5/c1-37-32(38-2)39-18-8-11-24(35)31(47)42(33)27(20-22-13-15-23(43)16-14-22)30(46)40-25(12-6-7-17-34)29(45)41-26(28(36)44)19-21-9-4-3-5-10-21/h3-5,9-10,13-16,24-27,43H,6-8,11-12,17-20,34-35H2,1-2H3,(H2,36,44)(H,40,46)(H,41,45)(H2,37,38,39)/t24-,25-,26-,27-/m0/s1. The summed E-state index contributed by atoms with van der Waals surface area (Å²) in [6, 6.07) is 11.4. The van der Waals surface area contributed by atoms with Crippen LogP contribution in [0.3, 0.4) is 0 Å². The molecule has 0 aromatic heterocycles. The van der Waals surface area contributed by atoms with Gasteiger partial charge in [-0.15, -0.1) is 0 Å². The third kappa shape index (κ3) is 13.7. The molecule has 4 amide bonds. The zero-order valence-corrected chi connectivity index (χ0v) is 29.1. The highest BCUT2D eigenvalue weighted by Crippen LogP contribution is 2.19. The molecule has 258 valence electrons. The van der Waals surface area contributed by atoms with Crippen molar-refractivity contribution in [3.63, 3.8) is 0 Å². The van der Waals surface area contributed by atoms with E-state index < -0.39 is 47.8 Å². The molecule has 0 aliphatic carbocycles. The first kappa shape index (κ1) is 39.2. The van der Waals surface area contributed by atoms with E-state index in [2.05, 4.69) is 26.3 Å². The minimum atomic E-state index is -1.05. The van der Waals surface area contributed by atoms with E-state index in [9.17, 15) is 24.3 Å². The smallest absolute Gasteiger partial charge is 0.248 e. The van der Waals surface area contributed by atoms with Crippen LogP contribution in [0.5, 0.6) is 5.75 Å². The van der Waals surface area contributed by atoms with Crippen LogP contribution >= 0.6 is 22.9 Å². The number of nitrogens with two attached hydrogens (primary N) is 3. The molecule has 2 aromatic carbocycles. The summed E-state index contributed by atoms with van der Waals surface area (Å²) < 4.78 is 1.26.